The zero-order chi connectivity index (χ0) is 18.1. The first-order valence-corrected chi connectivity index (χ1v) is 8.78. The van der Waals surface area contributed by atoms with Gasteiger partial charge < -0.3 is 0 Å². The number of amides is 3. The number of aryl methyl sites for hydroxylation is 1. The van der Waals surface area contributed by atoms with E-state index in [4.69, 9.17) is 0 Å². The van der Waals surface area contributed by atoms with Crippen molar-refractivity contribution in [2.24, 2.45) is 5.92 Å². The molecule has 7 nitrogen and oxygen atoms in total. The molecule has 1 aliphatic rings. The van der Waals surface area contributed by atoms with E-state index >= 15 is 0 Å². The van der Waals surface area contributed by atoms with Gasteiger partial charge in [-0.3, -0.25) is 24.6 Å². The maximum atomic E-state index is 12.8. The molecule has 1 N–H and O–H groups in total. The van der Waals surface area contributed by atoms with E-state index in [9.17, 15) is 14.4 Å². The topological polar surface area (TPSA) is 92.3 Å². The molecule has 1 aromatic heterocycles. The average molecular weight is 358 g/mol. The molecule has 0 radical (unpaired) electrons. The van der Waals surface area contributed by atoms with Gasteiger partial charge in [-0.2, -0.15) is 0 Å². The van der Waals surface area contributed by atoms with Crippen molar-refractivity contribution in [1.82, 2.24) is 15.1 Å². The van der Waals surface area contributed by atoms with Gasteiger partial charge in [-0.1, -0.05) is 37.3 Å². The molecular formula is C17H18N4O3S. The summed E-state index contributed by atoms with van der Waals surface area (Å²) in [6.07, 6.45) is 0.370. The SMILES string of the molecule is Cc1nnc(NC(=O)C(CC(C)C)N2C(=O)c3ccccc3C2=O)s1. The van der Waals surface area contributed by atoms with Gasteiger partial charge in [0.25, 0.3) is 11.8 Å². The number of carbonyl (C=O) groups is 3. The van der Waals surface area contributed by atoms with Crippen molar-refractivity contribution >= 4 is 34.2 Å². The lowest BCUT2D eigenvalue weighted by atomic mass is 10.0. The van der Waals surface area contributed by atoms with Crippen LogP contribution in [0.5, 0.6) is 0 Å². The number of nitrogens with one attached hydrogen (secondary N) is 1. The molecule has 0 bridgehead atoms. The van der Waals surface area contributed by atoms with Crippen LogP contribution in [0.15, 0.2) is 24.3 Å². The average Bonchev–Trinajstić information content (AvgIpc) is 3.08. The standard InChI is InChI=1S/C17H18N4O3S/c1-9(2)8-13(14(22)18-17-20-19-10(3)25-17)21-15(23)11-6-4-5-7-12(11)16(21)24/h4-7,9,13H,8H2,1-3H3,(H,18,20,22). The first-order chi connectivity index (χ1) is 11.9. The van der Waals surface area contributed by atoms with E-state index in [-0.39, 0.29) is 5.92 Å². The van der Waals surface area contributed by atoms with Crippen molar-refractivity contribution in [3.05, 3.63) is 40.4 Å². The second-order valence-corrected chi connectivity index (χ2v) is 7.47. The molecule has 1 unspecified atom stereocenters. The predicted octanol–water partition coefficient (Wildman–Crippen LogP) is 2.50. The molecule has 3 rings (SSSR count). The summed E-state index contributed by atoms with van der Waals surface area (Å²) in [4.78, 5) is 39.2. The predicted molar refractivity (Wildman–Crippen MR) is 93.5 cm³/mol. The highest BCUT2D eigenvalue weighted by atomic mass is 32.1. The zero-order valence-corrected chi connectivity index (χ0v) is 15.0. The van der Waals surface area contributed by atoms with Crippen molar-refractivity contribution in [3.63, 3.8) is 0 Å². The summed E-state index contributed by atoms with van der Waals surface area (Å²) >= 11 is 1.24. The monoisotopic (exact) mass is 358 g/mol. The number of anilines is 1. The minimum atomic E-state index is -0.892. The third kappa shape index (κ3) is 3.30. The largest absolute Gasteiger partial charge is 0.299 e. The molecule has 25 heavy (non-hydrogen) atoms. The highest BCUT2D eigenvalue weighted by Gasteiger charge is 2.42. The van der Waals surface area contributed by atoms with Crippen LogP contribution in [0, 0.1) is 12.8 Å². The number of carbonyl (C=O) groups excluding carboxylic acids is 3. The van der Waals surface area contributed by atoms with E-state index in [0.717, 1.165) is 9.91 Å². The van der Waals surface area contributed by atoms with Crippen molar-refractivity contribution < 1.29 is 14.4 Å². The van der Waals surface area contributed by atoms with Crippen LogP contribution in [0.3, 0.4) is 0 Å². The lowest BCUT2D eigenvalue weighted by molar-refractivity contribution is -0.120. The van der Waals surface area contributed by atoms with Crippen LogP contribution < -0.4 is 5.32 Å². The van der Waals surface area contributed by atoms with Crippen LogP contribution in [-0.2, 0) is 4.79 Å². The van der Waals surface area contributed by atoms with Gasteiger partial charge in [0, 0.05) is 0 Å². The molecule has 130 valence electrons. The molecule has 0 aliphatic carbocycles. The first kappa shape index (κ1) is 17.2. The molecule has 0 spiro atoms. The molecule has 0 saturated heterocycles. The fraction of sp³-hybridized carbons (Fsp3) is 0.353. The van der Waals surface area contributed by atoms with E-state index in [1.54, 1.807) is 31.2 Å². The van der Waals surface area contributed by atoms with Crippen LogP contribution in [0.25, 0.3) is 0 Å². The number of fused-ring (bicyclic) bond motifs is 1. The van der Waals surface area contributed by atoms with Gasteiger partial charge in [-0.25, -0.2) is 0 Å². The van der Waals surface area contributed by atoms with Gasteiger partial charge in [0.15, 0.2) is 0 Å². The van der Waals surface area contributed by atoms with Crippen LogP contribution in [0.4, 0.5) is 5.13 Å². The Bertz CT molecular complexity index is 811. The number of imide groups is 1. The fourth-order valence-electron chi connectivity index (χ4n) is 2.80. The summed E-state index contributed by atoms with van der Waals surface area (Å²) in [5, 5.41) is 11.5. The van der Waals surface area contributed by atoms with Crippen LogP contribution in [0.1, 0.15) is 46.0 Å². The number of nitrogens with zero attached hydrogens (tertiary/aromatic N) is 3. The summed E-state index contributed by atoms with van der Waals surface area (Å²) in [7, 11) is 0. The molecular weight excluding hydrogens is 340 g/mol. The summed E-state index contributed by atoms with van der Waals surface area (Å²) in [5.74, 6) is -1.18. The molecule has 2 heterocycles. The quantitative estimate of drug-likeness (QED) is 0.829. The zero-order valence-electron chi connectivity index (χ0n) is 14.1. The highest BCUT2D eigenvalue weighted by Crippen LogP contribution is 2.27. The molecule has 0 saturated carbocycles. The second kappa shape index (κ2) is 6.72. The number of benzene rings is 1. The number of aromatic nitrogens is 2. The molecule has 1 atom stereocenters. The van der Waals surface area contributed by atoms with E-state index < -0.39 is 23.8 Å². The Kier molecular flexibility index (Phi) is 4.63. The first-order valence-electron chi connectivity index (χ1n) is 7.96. The van der Waals surface area contributed by atoms with Crippen molar-refractivity contribution in [3.8, 4) is 0 Å². The van der Waals surface area contributed by atoms with Gasteiger partial charge in [-0.05, 0) is 31.4 Å². The van der Waals surface area contributed by atoms with Crippen LogP contribution in [0.2, 0.25) is 0 Å². The van der Waals surface area contributed by atoms with Gasteiger partial charge in [0.1, 0.15) is 11.0 Å². The van der Waals surface area contributed by atoms with Crippen LogP contribution >= 0.6 is 11.3 Å². The Morgan fingerprint density at radius 2 is 1.76 bits per heavy atom. The van der Waals surface area contributed by atoms with Gasteiger partial charge in [0.05, 0.1) is 11.1 Å². The minimum absolute atomic E-state index is 0.121. The van der Waals surface area contributed by atoms with Gasteiger partial charge in [0.2, 0.25) is 11.0 Å². The summed E-state index contributed by atoms with van der Waals surface area (Å²) in [6.45, 7) is 5.66. The number of rotatable bonds is 5. The maximum absolute atomic E-state index is 12.8. The second-order valence-electron chi connectivity index (χ2n) is 6.29. The number of hydrogen-bond donors (Lipinski definition) is 1. The Morgan fingerprint density at radius 1 is 1.16 bits per heavy atom. The van der Waals surface area contributed by atoms with Crippen LogP contribution in [-0.4, -0.2) is 38.9 Å². The number of hydrogen-bond acceptors (Lipinski definition) is 6. The Balaban J connectivity index is 1.90. The Morgan fingerprint density at radius 3 is 2.24 bits per heavy atom. The van der Waals surface area contributed by atoms with E-state index in [1.165, 1.54) is 11.3 Å². The molecule has 8 heteroatoms. The van der Waals surface area contributed by atoms with E-state index in [2.05, 4.69) is 15.5 Å². The molecule has 1 aliphatic heterocycles. The Hall–Kier alpha value is -2.61. The maximum Gasteiger partial charge on any atom is 0.262 e. The van der Waals surface area contributed by atoms with Crippen molar-refractivity contribution in [2.45, 2.75) is 33.2 Å². The smallest absolute Gasteiger partial charge is 0.262 e. The summed E-state index contributed by atoms with van der Waals surface area (Å²) in [6, 6.07) is 5.73. The van der Waals surface area contributed by atoms with Gasteiger partial charge in [-0.15, -0.1) is 10.2 Å². The van der Waals surface area contributed by atoms with Gasteiger partial charge >= 0.3 is 0 Å². The van der Waals surface area contributed by atoms with Crippen molar-refractivity contribution in [1.29, 1.82) is 0 Å². The minimum Gasteiger partial charge on any atom is -0.299 e. The summed E-state index contributed by atoms with van der Waals surface area (Å²) in [5.41, 5.74) is 0.668. The normalized spacial score (nSPS) is 14.8. The van der Waals surface area contributed by atoms with E-state index in [0.29, 0.717) is 22.7 Å². The third-order valence-corrected chi connectivity index (χ3v) is 4.64. The van der Waals surface area contributed by atoms with E-state index in [1.807, 2.05) is 13.8 Å². The summed E-state index contributed by atoms with van der Waals surface area (Å²) < 4.78 is 0. The fourth-order valence-corrected chi connectivity index (χ4v) is 3.40. The molecule has 1 aromatic carbocycles. The lowest BCUT2D eigenvalue weighted by Gasteiger charge is -2.26. The van der Waals surface area contributed by atoms with Crippen molar-refractivity contribution in [2.75, 3.05) is 5.32 Å². The molecule has 3 amide bonds. The highest BCUT2D eigenvalue weighted by molar-refractivity contribution is 7.15. The molecule has 0 fully saturated rings. The molecule has 2 aromatic rings. The Labute approximate surface area is 149 Å². The third-order valence-electron chi connectivity index (χ3n) is 3.89. The lowest BCUT2D eigenvalue weighted by Crippen LogP contribution is -2.47.